The lowest BCUT2D eigenvalue weighted by Crippen LogP contribution is -2.40. The van der Waals surface area contributed by atoms with E-state index < -0.39 is 0 Å². The maximum Gasteiger partial charge on any atom is 0.262 e. The maximum atomic E-state index is 12.5. The van der Waals surface area contributed by atoms with Crippen molar-refractivity contribution >= 4 is 44.6 Å². The van der Waals surface area contributed by atoms with Crippen LogP contribution in [0.5, 0.6) is 0 Å². The largest absolute Gasteiger partial charge is 0.365 e. The Morgan fingerprint density at radius 3 is 2.75 bits per heavy atom. The van der Waals surface area contributed by atoms with Crippen LogP contribution < -0.4 is 10.6 Å². The van der Waals surface area contributed by atoms with Gasteiger partial charge in [-0.15, -0.1) is 22.7 Å². The molecule has 0 fully saturated rings. The molecule has 0 atom stereocenters. The number of hydrogen-bond acceptors (Lipinski definition) is 6. The van der Waals surface area contributed by atoms with Crippen molar-refractivity contribution < 1.29 is 4.79 Å². The molecule has 3 rings (SSSR count). The van der Waals surface area contributed by atoms with Crippen molar-refractivity contribution in [1.82, 2.24) is 15.3 Å². The number of fused-ring (bicyclic) bond motifs is 1. The summed E-state index contributed by atoms with van der Waals surface area (Å²) in [7, 11) is 0. The fraction of sp³-hybridized carbons (Fsp3) is 0.353. The Hall–Kier alpha value is -1.99. The van der Waals surface area contributed by atoms with Crippen molar-refractivity contribution in [1.29, 1.82) is 0 Å². The van der Waals surface area contributed by atoms with Gasteiger partial charge in [0.25, 0.3) is 5.91 Å². The number of amides is 1. The Balaban J connectivity index is 1.93. The summed E-state index contributed by atoms with van der Waals surface area (Å²) in [5, 5.41) is 9.36. The van der Waals surface area contributed by atoms with Crippen molar-refractivity contribution in [2.24, 2.45) is 0 Å². The van der Waals surface area contributed by atoms with E-state index in [0.717, 1.165) is 21.6 Å². The highest BCUT2D eigenvalue weighted by Gasteiger charge is 2.22. The lowest BCUT2D eigenvalue weighted by Gasteiger charge is -2.20. The predicted molar refractivity (Wildman–Crippen MR) is 101 cm³/mol. The van der Waals surface area contributed by atoms with E-state index in [0.29, 0.717) is 11.4 Å². The summed E-state index contributed by atoms with van der Waals surface area (Å²) in [5.74, 6) is 0.712. The molecule has 3 heterocycles. The van der Waals surface area contributed by atoms with E-state index in [2.05, 4.69) is 32.0 Å². The van der Waals surface area contributed by atoms with Crippen LogP contribution in [0.25, 0.3) is 10.2 Å². The Bertz CT molecular complexity index is 863. The van der Waals surface area contributed by atoms with E-state index in [4.69, 9.17) is 0 Å². The van der Waals surface area contributed by atoms with Crippen LogP contribution in [-0.2, 0) is 6.54 Å². The molecule has 0 saturated carbocycles. The number of rotatable bonds is 4. The van der Waals surface area contributed by atoms with Crippen molar-refractivity contribution in [3.63, 3.8) is 0 Å². The number of aromatic nitrogens is 2. The van der Waals surface area contributed by atoms with Crippen LogP contribution in [0, 0.1) is 6.92 Å². The first-order valence-electron chi connectivity index (χ1n) is 7.68. The van der Waals surface area contributed by atoms with Gasteiger partial charge in [-0.05, 0) is 44.7 Å². The molecular formula is C17H20N4OS2. The fourth-order valence-electron chi connectivity index (χ4n) is 2.40. The van der Waals surface area contributed by atoms with Crippen molar-refractivity contribution in [3.05, 3.63) is 39.2 Å². The minimum absolute atomic E-state index is 0.0628. The molecule has 0 unspecified atom stereocenters. The molecule has 1 amide bonds. The fourth-order valence-corrected chi connectivity index (χ4v) is 4.09. The van der Waals surface area contributed by atoms with Gasteiger partial charge >= 0.3 is 0 Å². The Morgan fingerprint density at radius 1 is 1.29 bits per heavy atom. The van der Waals surface area contributed by atoms with Crippen molar-refractivity contribution in [3.8, 4) is 0 Å². The standard InChI is InChI=1S/C17H20N4OS2/c1-10-12-14(18-8-11-6-5-7-23-11)19-9-20-16(12)24-13(10)15(22)21-17(2,3)4/h5-7,9H,8H2,1-4H3,(H,21,22)(H,18,19,20). The van der Waals surface area contributed by atoms with E-state index in [1.165, 1.54) is 16.2 Å². The number of nitrogens with one attached hydrogen (secondary N) is 2. The molecule has 126 valence electrons. The topological polar surface area (TPSA) is 66.9 Å². The van der Waals surface area contributed by atoms with Crippen LogP contribution >= 0.6 is 22.7 Å². The van der Waals surface area contributed by atoms with Crippen molar-refractivity contribution in [2.75, 3.05) is 5.32 Å². The summed E-state index contributed by atoms with van der Waals surface area (Å²) >= 11 is 3.11. The van der Waals surface area contributed by atoms with Gasteiger partial charge in [-0.3, -0.25) is 4.79 Å². The molecule has 0 aliphatic rings. The minimum Gasteiger partial charge on any atom is -0.365 e. The molecule has 0 bridgehead atoms. The zero-order valence-electron chi connectivity index (χ0n) is 14.1. The molecule has 0 aliphatic carbocycles. The third-order valence-corrected chi connectivity index (χ3v) is 5.51. The van der Waals surface area contributed by atoms with E-state index >= 15 is 0 Å². The van der Waals surface area contributed by atoms with Gasteiger partial charge in [0, 0.05) is 10.4 Å². The lowest BCUT2D eigenvalue weighted by molar-refractivity contribution is 0.0923. The minimum atomic E-state index is -0.272. The number of anilines is 1. The molecule has 0 radical (unpaired) electrons. The molecule has 0 aromatic carbocycles. The summed E-state index contributed by atoms with van der Waals surface area (Å²) in [6.07, 6.45) is 1.54. The van der Waals surface area contributed by atoms with Crippen LogP contribution in [0.4, 0.5) is 5.82 Å². The molecular weight excluding hydrogens is 340 g/mol. The molecule has 0 spiro atoms. The summed E-state index contributed by atoms with van der Waals surface area (Å²) in [5.41, 5.74) is 0.650. The van der Waals surface area contributed by atoms with Gasteiger partial charge in [-0.1, -0.05) is 6.07 Å². The average Bonchev–Trinajstić information content (AvgIpc) is 3.12. The van der Waals surface area contributed by atoms with E-state index in [9.17, 15) is 4.79 Å². The number of thiophene rings is 2. The summed E-state index contributed by atoms with van der Waals surface area (Å²) in [6.45, 7) is 8.59. The molecule has 2 N–H and O–H groups in total. The Kier molecular flexibility index (Phi) is 4.56. The molecule has 3 aromatic heterocycles. The number of hydrogen-bond donors (Lipinski definition) is 2. The number of carbonyl (C=O) groups is 1. The first-order chi connectivity index (χ1) is 11.3. The third-order valence-electron chi connectivity index (χ3n) is 3.43. The molecule has 7 heteroatoms. The van der Waals surface area contributed by atoms with Crippen LogP contribution in [0.15, 0.2) is 23.8 Å². The van der Waals surface area contributed by atoms with Gasteiger partial charge in [0.15, 0.2) is 0 Å². The first-order valence-corrected chi connectivity index (χ1v) is 9.37. The molecule has 5 nitrogen and oxygen atoms in total. The molecule has 0 aliphatic heterocycles. The zero-order valence-corrected chi connectivity index (χ0v) is 15.8. The van der Waals surface area contributed by atoms with Gasteiger partial charge in [0.2, 0.25) is 0 Å². The highest BCUT2D eigenvalue weighted by Crippen LogP contribution is 2.33. The highest BCUT2D eigenvalue weighted by molar-refractivity contribution is 7.20. The zero-order chi connectivity index (χ0) is 17.3. The lowest BCUT2D eigenvalue weighted by atomic mass is 10.1. The highest BCUT2D eigenvalue weighted by atomic mass is 32.1. The second-order valence-electron chi connectivity index (χ2n) is 6.60. The quantitative estimate of drug-likeness (QED) is 0.732. The van der Waals surface area contributed by atoms with Gasteiger partial charge in [0.1, 0.15) is 17.0 Å². The van der Waals surface area contributed by atoms with Gasteiger partial charge in [-0.2, -0.15) is 0 Å². The summed E-state index contributed by atoms with van der Waals surface area (Å²) in [6, 6.07) is 4.11. The first kappa shape index (κ1) is 16.9. The molecule has 0 saturated heterocycles. The predicted octanol–water partition coefficient (Wildman–Crippen LogP) is 4.20. The van der Waals surface area contributed by atoms with Gasteiger partial charge < -0.3 is 10.6 Å². The van der Waals surface area contributed by atoms with Gasteiger partial charge in [0.05, 0.1) is 16.8 Å². The third kappa shape index (κ3) is 3.57. The second kappa shape index (κ2) is 6.49. The van der Waals surface area contributed by atoms with Crippen LogP contribution in [0.3, 0.4) is 0 Å². The number of nitrogens with zero attached hydrogens (tertiary/aromatic N) is 2. The van der Waals surface area contributed by atoms with E-state index in [-0.39, 0.29) is 11.4 Å². The number of aryl methyl sites for hydroxylation is 1. The normalized spacial score (nSPS) is 11.7. The van der Waals surface area contributed by atoms with Crippen molar-refractivity contribution in [2.45, 2.75) is 39.8 Å². The van der Waals surface area contributed by atoms with Crippen LogP contribution in [0.2, 0.25) is 0 Å². The smallest absolute Gasteiger partial charge is 0.262 e. The van der Waals surface area contributed by atoms with Crippen LogP contribution in [-0.4, -0.2) is 21.4 Å². The Morgan fingerprint density at radius 2 is 2.08 bits per heavy atom. The average molecular weight is 361 g/mol. The summed E-state index contributed by atoms with van der Waals surface area (Å²) < 4.78 is 0. The van der Waals surface area contributed by atoms with E-state index in [1.54, 1.807) is 17.7 Å². The maximum absolute atomic E-state index is 12.5. The molecule has 24 heavy (non-hydrogen) atoms. The monoisotopic (exact) mass is 360 g/mol. The summed E-state index contributed by atoms with van der Waals surface area (Å²) in [4.78, 5) is 24.0. The molecule has 3 aromatic rings. The Labute approximate surface area is 149 Å². The SMILES string of the molecule is Cc1c(C(=O)NC(C)(C)C)sc2ncnc(NCc3cccs3)c12. The number of carbonyl (C=O) groups excluding carboxylic acids is 1. The van der Waals surface area contributed by atoms with E-state index in [1.807, 2.05) is 33.8 Å². The second-order valence-corrected chi connectivity index (χ2v) is 8.63. The van der Waals surface area contributed by atoms with Crippen LogP contribution in [0.1, 0.15) is 40.9 Å². The van der Waals surface area contributed by atoms with Gasteiger partial charge in [-0.25, -0.2) is 9.97 Å².